The van der Waals surface area contributed by atoms with Crippen LogP contribution in [-0.4, -0.2) is 23.0 Å². The average Bonchev–Trinajstić information content (AvgIpc) is 2.59. The Morgan fingerprint density at radius 1 is 1.16 bits per heavy atom. The van der Waals surface area contributed by atoms with Gasteiger partial charge in [0.05, 0.1) is 5.97 Å². The topological polar surface area (TPSA) is 86.7 Å². The molecule has 5 heteroatoms. The number of carboxylic acids is 1. The Morgan fingerprint density at radius 2 is 1.96 bits per heavy atom. The van der Waals surface area contributed by atoms with Crippen LogP contribution in [0, 0.1) is 5.92 Å². The van der Waals surface area contributed by atoms with E-state index < -0.39 is 12.1 Å². The van der Waals surface area contributed by atoms with Gasteiger partial charge in [-0.3, -0.25) is 4.79 Å². The Bertz CT molecular complexity index is 943. The van der Waals surface area contributed by atoms with E-state index in [-0.39, 0.29) is 23.0 Å². The van der Waals surface area contributed by atoms with E-state index in [1.807, 2.05) is 0 Å². The standard InChI is InChI=1S/C20H14O5/c21-11-5-7-15-17(9-11)25-18-10-12(22)6-8-16(18)19(15)13-3-1-2-4-14(13)20(23)24/h1-10,15,17,21H,(H,23,24)/p-1. The van der Waals surface area contributed by atoms with Gasteiger partial charge in [-0.15, -0.1) is 0 Å². The number of ketones is 1. The lowest BCUT2D eigenvalue weighted by Crippen LogP contribution is -2.32. The van der Waals surface area contributed by atoms with Gasteiger partial charge in [0.15, 0.2) is 5.78 Å². The number of carbonyl (C=O) groups excluding carboxylic acids is 2. The van der Waals surface area contributed by atoms with Crippen molar-refractivity contribution in [3.63, 3.8) is 0 Å². The van der Waals surface area contributed by atoms with Crippen molar-refractivity contribution in [2.45, 2.75) is 6.10 Å². The van der Waals surface area contributed by atoms with Crippen molar-refractivity contribution >= 4 is 17.3 Å². The highest BCUT2D eigenvalue weighted by Crippen LogP contribution is 2.44. The van der Waals surface area contributed by atoms with Gasteiger partial charge in [0.2, 0.25) is 0 Å². The van der Waals surface area contributed by atoms with Crippen molar-refractivity contribution in [2.75, 3.05) is 0 Å². The lowest BCUT2D eigenvalue weighted by atomic mass is 9.77. The number of hydrogen-bond donors (Lipinski definition) is 1. The first-order valence-corrected chi connectivity index (χ1v) is 7.79. The second kappa shape index (κ2) is 5.63. The third-order valence-electron chi connectivity index (χ3n) is 4.44. The fraction of sp³-hybridized carbons (Fsp3) is 0.100. The molecule has 1 heterocycles. The second-order valence-electron chi connectivity index (χ2n) is 5.96. The van der Waals surface area contributed by atoms with Crippen LogP contribution in [0.1, 0.15) is 15.9 Å². The minimum atomic E-state index is -1.27. The molecule has 0 saturated carbocycles. The number of carbonyl (C=O) groups is 2. The number of aromatic carboxylic acids is 1. The summed E-state index contributed by atoms with van der Waals surface area (Å²) >= 11 is 0. The zero-order valence-electron chi connectivity index (χ0n) is 13.0. The first-order valence-electron chi connectivity index (χ1n) is 7.79. The summed E-state index contributed by atoms with van der Waals surface area (Å²) in [5.41, 5.74) is 1.97. The van der Waals surface area contributed by atoms with Crippen LogP contribution >= 0.6 is 0 Å². The Labute approximate surface area is 143 Å². The number of aliphatic hydroxyl groups excluding tert-OH is 1. The van der Waals surface area contributed by atoms with Crippen molar-refractivity contribution in [1.29, 1.82) is 0 Å². The number of rotatable bonds is 2. The van der Waals surface area contributed by atoms with Crippen molar-refractivity contribution in [2.24, 2.45) is 5.92 Å². The third-order valence-corrected chi connectivity index (χ3v) is 4.44. The summed E-state index contributed by atoms with van der Waals surface area (Å²) in [7, 11) is 0. The summed E-state index contributed by atoms with van der Waals surface area (Å²) in [5.74, 6) is -1.33. The molecule has 0 spiro atoms. The van der Waals surface area contributed by atoms with Gasteiger partial charge in [-0.2, -0.15) is 0 Å². The number of carboxylic acid groups (broad SMARTS) is 1. The molecule has 0 fully saturated rings. The van der Waals surface area contributed by atoms with Crippen LogP contribution in [0.15, 0.2) is 77.8 Å². The summed E-state index contributed by atoms with van der Waals surface area (Å²) in [6.07, 6.45) is 8.78. The lowest BCUT2D eigenvalue weighted by Gasteiger charge is -2.37. The molecule has 2 unspecified atom stereocenters. The van der Waals surface area contributed by atoms with E-state index in [0.29, 0.717) is 16.9 Å². The molecule has 1 aromatic rings. The first kappa shape index (κ1) is 15.2. The highest BCUT2D eigenvalue weighted by atomic mass is 16.5. The minimum Gasteiger partial charge on any atom is -0.545 e. The molecule has 0 bridgehead atoms. The monoisotopic (exact) mass is 333 g/mol. The van der Waals surface area contributed by atoms with Crippen LogP contribution in [0.25, 0.3) is 5.57 Å². The smallest absolute Gasteiger partial charge is 0.182 e. The normalized spacial score (nSPS) is 24.1. The number of ether oxygens (including phenoxy) is 1. The van der Waals surface area contributed by atoms with Crippen molar-refractivity contribution in [3.8, 4) is 0 Å². The summed E-state index contributed by atoms with van der Waals surface area (Å²) in [5, 5.41) is 21.3. The summed E-state index contributed by atoms with van der Waals surface area (Å²) < 4.78 is 5.87. The van der Waals surface area contributed by atoms with Gasteiger partial charge in [0.25, 0.3) is 0 Å². The maximum atomic E-state index is 11.7. The van der Waals surface area contributed by atoms with Crippen molar-refractivity contribution in [1.82, 2.24) is 0 Å². The average molecular weight is 333 g/mol. The molecule has 1 N–H and O–H groups in total. The second-order valence-corrected chi connectivity index (χ2v) is 5.96. The van der Waals surface area contributed by atoms with Crippen LogP contribution in [-0.2, 0) is 9.53 Å². The van der Waals surface area contributed by atoms with Crippen molar-refractivity contribution in [3.05, 3.63) is 88.9 Å². The van der Waals surface area contributed by atoms with E-state index in [1.54, 1.807) is 42.5 Å². The number of fused-ring (bicyclic) bond motifs is 2. The predicted octanol–water partition coefficient (Wildman–Crippen LogP) is 1.85. The molecule has 124 valence electrons. The van der Waals surface area contributed by atoms with Gasteiger partial charge in [0.1, 0.15) is 17.6 Å². The quantitative estimate of drug-likeness (QED) is 0.892. The first-order chi connectivity index (χ1) is 12.0. The van der Waals surface area contributed by atoms with Crippen LogP contribution in [0.2, 0.25) is 0 Å². The van der Waals surface area contributed by atoms with E-state index in [0.717, 1.165) is 5.57 Å². The van der Waals surface area contributed by atoms with Crippen LogP contribution in [0.4, 0.5) is 0 Å². The molecule has 4 rings (SSSR count). The number of allylic oxidation sites excluding steroid dienone is 4. The lowest BCUT2D eigenvalue weighted by molar-refractivity contribution is -0.255. The maximum absolute atomic E-state index is 11.7. The van der Waals surface area contributed by atoms with Gasteiger partial charge < -0.3 is 19.7 Å². The molecule has 2 aliphatic carbocycles. The summed E-state index contributed by atoms with van der Waals surface area (Å²) in [4.78, 5) is 23.3. The molecule has 2 atom stereocenters. The molecule has 0 saturated heterocycles. The van der Waals surface area contributed by atoms with Gasteiger partial charge in [-0.05, 0) is 35.4 Å². The number of hydrogen-bond acceptors (Lipinski definition) is 5. The fourth-order valence-corrected chi connectivity index (χ4v) is 3.38. The molecule has 25 heavy (non-hydrogen) atoms. The Kier molecular flexibility index (Phi) is 3.42. The zero-order chi connectivity index (χ0) is 17.6. The third kappa shape index (κ3) is 2.50. The molecular weight excluding hydrogens is 320 g/mol. The zero-order valence-corrected chi connectivity index (χ0v) is 13.0. The van der Waals surface area contributed by atoms with Crippen LogP contribution < -0.4 is 5.11 Å². The largest absolute Gasteiger partial charge is 0.545 e. The molecule has 0 radical (unpaired) electrons. The molecular formula is C20H13O5-. The van der Waals surface area contributed by atoms with Gasteiger partial charge in [-0.25, -0.2) is 0 Å². The maximum Gasteiger partial charge on any atom is 0.182 e. The molecule has 3 aliphatic rings. The molecule has 1 aromatic carbocycles. The van der Waals surface area contributed by atoms with Crippen molar-refractivity contribution < 1.29 is 24.5 Å². The van der Waals surface area contributed by atoms with Crippen LogP contribution in [0.3, 0.4) is 0 Å². The predicted molar refractivity (Wildman–Crippen MR) is 88.1 cm³/mol. The van der Waals surface area contributed by atoms with Crippen LogP contribution in [0.5, 0.6) is 0 Å². The molecule has 0 aromatic heterocycles. The van der Waals surface area contributed by atoms with E-state index in [2.05, 4.69) is 0 Å². The summed E-state index contributed by atoms with van der Waals surface area (Å²) in [6, 6.07) is 6.59. The Balaban J connectivity index is 1.98. The number of aliphatic hydroxyl groups is 1. The number of benzene rings is 1. The Hall–Kier alpha value is -3.34. The summed E-state index contributed by atoms with van der Waals surface area (Å²) in [6.45, 7) is 0. The highest BCUT2D eigenvalue weighted by molar-refractivity contribution is 6.04. The molecule has 5 nitrogen and oxygen atoms in total. The van der Waals surface area contributed by atoms with E-state index in [1.165, 1.54) is 18.2 Å². The molecule has 1 aliphatic heterocycles. The minimum absolute atomic E-state index is 0.0653. The van der Waals surface area contributed by atoms with Gasteiger partial charge in [0, 0.05) is 23.1 Å². The van der Waals surface area contributed by atoms with E-state index in [9.17, 15) is 19.8 Å². The van der Waals surface area contributed by atoms with E-state index >= 15 is 0 Å². The fourth-order valence-electron chi connectivity index (χ4n) is 3.38. The molecule has 0 amide bonds. The van der Waals surface area contributed by atoms with E-state index in [4.69, 9.17) is 4.74 Å². The Morgan fingerprint density at radius 3 is 2.76 bits per heavy atom. The SMILES string of the molecule is O=C1C=CC2=C(c3ccccc3C(=O)[O-])C3C=CC(O)=CC3OC2=C1. The highest BCUT2D eigenvalue weighted by Gasteiger charge is 2.36. The van der Waals surface area contributed by atoms with Gasteiger partial charge in [-0.1, -0.05) is 30.3 Å². The van der Waals surface area contributed by atoms with Gasteiger partial charge >= 0.3 is 0 Å².